The van der Waals surface area contributed by atoms with Crippen molar-refractivity contribution in [3.05, 3.63) is 30.1 Å². The van der Waals surface area contributed by atoms with E-state index in [0.717, 1.165) is 24.2 Å². The molecular weight excluding hydrogens is 228 g/mol. The lowest BCUT2D eigenvalue weighted by Crippen LogP contribution is -2.15. The summed E-state index contributed by atoms with van der Waals surface area (Å²) in [5.41, 5.74) is 2.84. The summed E-state index contributed by atoms with van der Waals surface area (Å²) in [5, 5.41) is 0. The highest BCUT2D eigenvalue weighted by Crippen LogP contribution is 2.48. The molecule has 0 amide bonds. The standard InChI is InChI=1S/C14H18N2S/c1-2-13-15-11-5-3-4-6-12(11)16(13)9-14(10-17)7-8-14/h3-6,17H,2,7-10H2,1H3. The monoisotopic (exact) mass is 246 g/mol. The predicted octanol–water partition coefficient (Wildman–Crippen LogP) is 3.31. The first-order valence-corrected chi connectivity index (χ1v) is 6.96. The summed E-state index contributed by atoms with van der Waals surface area (Å²) >= 11 is 4.50. The molecule has 90 valence electrons. The van der Waals surface area contributed by atoms with E-state index in [1.165, 1.54) is 24.2 Å². The van der Waals surface area contributed by atoms with Gasteiger partial charge in [-0.05, 0) is 36.1 Å². The van der Waals surface area contributed by atoms with Crippen molar-refractivity contribution in [1.82, 2.24) is 9.55 Å². The van der Waals surface area contributed by atoms with Crippen LogP contribution in [0.3, 0.4) is 0 Å². The van der Waals surface area contributed by atoms with Crippen molar-refractivity contribution < 1.29 is 0 Å². The molecular formula is C14H18N2S. The fourth-order valence-corrected chi connectivity index (χ4v) is 2.87. The van der Waals surface area contributed by atoms with Crippen molar-refractivity contribution in [1.29, 1.82) is 0 Å². The molecule has 1 aromatic heterocycles. The van der Waals surface area contributed by atoms with Gasteiger partial charge in [0.25, 0.3) is 0 Å². The van der Waals surface area contributed by atoms with Crippen molar-refractivity contribution in [3.63, 3.8) is 0 Å². The molecule has 0 aliphatic heterocycles. The van der Waals surface area contributed by atoms with Gasteiger partial charge in [0.05, 0.1) is 11.0 Å². The normalized spacial score (nSPS) is 17.5. The first-order chi connectivity index (χ1) is 8.28. The number of rotatable bonds is 4. The van der Waals surface area contributed by atoms with Crippen LogP contribution in [0.25, 0.3) is 11.0 Å². The minimum absolute atomic E-state index is 0.441. The molecule has 1 aromatic carbocycles. The van der Waals surface area contributed by atoms with Crippen LogP contribution in [0.2, 0.25) is 0 Å². The highest BCUT2D eigenvalue weighted by Gasteiger charge is 2.42. The molecule has 0 spiro atoms. The summed E-state index contributed by atoms with van der Waals surface area (Å²) in [7, 11) is 0. The maximum absolute atomic E-state index is 4.72. The third-order valence-corrected chi connectivity index (χ3v) is 4.51. The van der Waals surface area contributed by atoms with Crippen LogP contribution in [0, 0.1) is 5.41 Å². The average Bonchev–Trinajstić information content (AvgIpc) is 3.06. The van der Waals surface area contributed by atoms with Crippen LogP contribution in [0.4, 0.5) is 0 Å². The zero-order valence-corrected chi connectivity index (χ0v) is 11.1. The van der Waals surface area contributed by atoms with Gasteiger partial charge >= 0.3 is 0 Å². The molecule has 2 aromatic rings. The Morgan fingerprint density at radius 1 is 1.35 bits per heavy atom. The van der Waals surface area contributed by atoms with Gasteiger partial charge in [-0.3, -0.25) is 0 Å². The molecule has 1 aliphatic carbocycles. The Kier molecular flexibility index (Phi) is 2.66. The highest BCUT2D eigenvalue weighted by molar-refractivity contribution is 7.80. The van der Waals surface area contributed by atoms with Crippen LogP contribution in [-0.2, 0) is 13.0 Å². The smallest absolute Gasteiger partial charge is 0.109 e. The van der Waals surface area contributed by atoms with Crippen molar-refractivity contribution >= 4 is 23.7 Å². The molecule has 1 heterocycles. The summed E-state index contributed by atoms with van der Waals surface area (Å²) in [6, 6.07) is 8.44. The van der Waals surface area contributed by atoms with E-state index in [-0.39, 0.29) is 0 Å². The summed E-state index contributed by atoms with van der Waals surface area (Å²) < 4.78 is 2.40. The van der Waals surface area contributed by atoms with E-state index >= 15 is 0 Å². The third kappa shape index (κ3) is 1.86. The van der Waals surface area contributed by atoms with E-state index < -0.39 is 0 Å². The molecule has 1 aliphatic rings. The average molecular weight is 246 g/mol. The molecule has 0 atom stereocenters. The van der Waals surface area contributed by atoms with Crippen LogP contribution < -0.4 is 0 Å². The van der Waals surface area contributed by atoms with Crippen molar-refractivity contribution in [2.45, 2.75) is 32.7 Å². The van der Waals surface area contributed by atoms with Gasteiger partial charge in [0.2, 0.25) is 0 Å². The second-order valence-electron chi connectivity index (χ2n) is 5.11. The molecule has 1 fully saturated rings. The number of benzene rings is 1. The number of hydrogen-bond donors (Lipinski definition) is 1. The van der Waals surface area contributed by atoms with Gasteiger partial charge in [-0.25, -0.2) is 4.98 Å². The third-order valence-electron chi connectivity index (χ3n) is 3.84. The Morgan fingerprint density at radius 3 is 2.76 bits per heavy atom. The molecule has 3 heteroatoms. The lowest BCUT2D eigenvalue weighted by molar-refractivity contribution is 0.471. The maximum Gasteiger partial charge on any atom is 0.109 e. The SMILES string of the molecule is CCc1nc2ccccc2n1CC1(CS)CC1. The largest absolute Gasteiger partial charge is 0.327 e. The van der Waals surface area contributed by atoms with Crippen LogP contribution >= 0.6 is 12.6 Å². The minimum Gasteiger partial charge on any atom is -0.327 e. The van der Waals surface area contributed by atoms with E-state index in [1.54, 1.807) is 0 Å². The van der Waals surface area contributed by atoms with Gasteiger partial charge in [0.15, 0.2) is 0 Å². The van der Waals surface area contributed by atoms with E-state index in [2.05, 4.69) is 48.4 Å². The Balaban J connectivity index is 2.06. The molecule has 3 rings (SSSR count). The predicted molar refractivity (Wildman–Crippen MR) is 74.6 cm³/mol. The molecule has 0 unspecified atom stereocenters. The maximum atomic E-state index is 4.72. The van der Waals surface area contributed by atoms with Gasteiger partial charge < -0.3 is 4.57 Å². The number of thiol groups is 1. The number of aromatic nitrogens is 2. The summed E-state index contributed by atoms with van der Waals surface area (Å²) in [5.74, 6) is 2.20. The number of hydrogen-bond acceptors (Lipinski definition) is 2. The number of fused-ring (bicyclic) bond motifs is 1. The number of para-hydroxylation sites is 2. The van der Waals surface area contributed by atoms with Crippen molar-refractivity contribution in [3.8, 4) is 0 Å². The molecule has 1 saturated carbocycles. The van der Waals surface area contributed by atoms with E-state index in [0.29, 0.717) is 5.41 Å². The molecule has 17 heavy (non-hydrogen) atoms. The Bertz CT molecular complexity index is 540. The van der Waals surface area contributed by atoms with E-state index in [9.17, 15) is 0 Å². The van der Waals surface area contributed by atoms with Crippen molar-refractivity contribution in [2.24, 2.45) is 5.41 Å². The summed E-state index contributed by atoms with van der Waals surface area (Å²) in [4.78, 5) is 4.72. The zero-order valence-electron chi connectivity index (χ0n) is 10.2. The number of nitrogens with zero attached hydrogens (tertiary/aromatic N) is 2. The van der Waals surface area contributed by atoms with Crippen molar-refractivity contribution in [2.75, 3.05) is 5.75 Å². The number of imidazole rings is 1. The fourth-order valence-electron chi connectivity index (χ4n) is 2.45. The Hall–Kier alpha value is -0.960. The summed E-state index contributed by atoms with van der Waals surface area (Å²) in [6.07, 6.45) is 3.62. The molecule has 2 nitrogen and oxygen atoms in total. The number of aryl methyl sites for hydroxylation is 1. The molecule has 0 radical (unpaired) electrons. The first kappa shape index (κ1) is 11.1. The van der Waals surface area contributed by atoms with E-state index in [4.69, 9.17) is 4.98 Å². The van der Waals surface area contributed by atoms with Gasteiger partial charge in [-0.15, -0.1) is 0 Å². The molecule has 0 saturated heterocycles. The highest BCUT2D eigenvalue weighted by atomic mass is 32.1. The second kappa shape index (κ2) is 4.05. The van der Waals surface area contributed by atoms with Gasteiger partial charge in [-0.2, -0.15) is 12.6 Å². The van der Waals surface area contributed by atoms with Crippen LogP contribution in [0.5, 0.6) is 0 Å². The second-order valence-corrected chi connectivity index (χ2v) is 5.43. The van der Waals surface area contributed by atoms with E-state index in [1.807, 2.05) is 0 Å². The summed E-state index contributed by atoms with van der Waals surface area (Å²) in [6.45, 7) is 3.26. The minimum atomic E-state index is 0.441. The Morgan fingerprint density at radius 2 is 2.12 bits per heavy atom. The van der Waals surface area contributed by atoms with Gasteiger partial charge in [0, 0.05) is 13.0 Å². The Labute approximate surface area is 107 Å². The first-order valence-electron chi connectivity index (χ1n) is 6.33. The lowest BCUT2D eigenvalue weighted by atomic mass is 10.1. The molecule has 0 N–H and O–H groups in total. The van der Waals surface area contributed by atoms with Gasteiger partial charge in [-0.1, -0.05) is 19.1 Å². The lowest BCUT2D eigenvalue weighted by Gasteiger charge is -2.15. The van der Waals surface area contributed by atoms with Gasteiger partial charge in [0.1, 0.15) is 5.82 Å². The quantitative estimate of drug-likeness (QED) is 0.819. The van der Waals surface area contributed by atoms with Crippen LogP contribution in [0.1, 0.15) is 25.6 Å². The zero-order chi connectivity index (χ0) is 11.9. The fraction of sp³-hybridized carbons (Fsp3) is 0.500. The van der Waals surface area contributed by atoms with Crippen LogP contribution in [0.15, 0.2) is 24.3 Å². The van der Waals surface area contributed by atoms with Crippen LogP contribution in [-0.4, -0.2) is 15.3 Å². The molecule has 0 bridgehead atoms. The topological polar surface area (TPSA) is 17.8 Å².